The summed E-state index contributed by atoms with van der Waals surface area (Å²) in [6, 6.07) is 6.29. The minimum absolute atomic E-state index is 0.607. The molecule has 0 bridgehead atoms. The van der Waals surface area contributed by atoms with Crippen molar-refractivity contribution in [2.75, 3.05) is 59.6 Å². The van der Waals surface area contributed by atoms with E-state index in [9.17, 15) is 0 Å². The molecule has 4 nitrogen and oxygen atoms in total. The van der Waals surface area contributed by atoms with Gasteiger partial charge < -0.3 is 19.3 Å². The third kappa shape index (κ3) is 6.34. The Kier molecular flexibility index (Phi) is 7.59. The molecule has 0 atom stereocenters. The van der Waals surface area contributed by atoms with Crippen LogP contribution in [0, 0.1) is 6.92 Å². The molecule has 0 aromatic heterocycles. The van der Waals surface area contributed by atoms with Gasteiger partial charge in [-0.15, -0.1) is 6.58 Å². The van der Waals surface area contributed by atoms with E-state index in [4.69, 9.17) is 9.47 Å². The quantitative estimate of drug-likeness (QED) is 0.476. The number of likely N-dealkylation sites (N-methyl/N-ethyl adjacent to an activating group) is 1. The van der Waals surface area contributed by atoms with E-state index in [1.807, 2.05) is 12.1 Å². The first-order valence-electron chi connectivity index (χ1n) is 8.75. The second kappa shape index (κ2) is 9.71. The lowest BCUT2D eigenvalue weighted by Crippen LogP contribution is -3.27. The molecule has 1 aliphatic rings. The lowest BCUT2D eigenvalue weighted by molar-refractivity contribution is -1.00. The second-order valence-corrected chi connectivity index (χ2v) is 6.52. The van der Waals surface area contributed by atoms with E-state index < -0.39 is 0 Å². The van der Waals surface area contributed by atoms with Gasteiger partial charge in [0.25, 0.3) is 0 Å². The first-order chi connectivity index (χ1) is 11.2. The summed E-state index contributed by atoms with van der Waals surface area (Å²) < 4.78 is 11.6. The highest BCUT2D eigenvalue weighted by Gasteiger charge is 2.18. The topological polar surface area (TPSA) is 27.3 Å². The van der Waals surface area contributed by atoms with Gasteiger partial charge in [-0.1, -0.05) is 23.8 Å². The van der Waals surface area contributed by atoms with Crippen molar-refractivity contribution in [2.45, 2.75) is 13.3 Å². The van der Waals surface area contributed by atoms with Crippen LogP contribution in [0.5, 0.6) is 5.75 Å². The lowest BCUT2D eigenvalue weighted by Gasteiger charge is -2.27. The van der Waals surface area contributed by atoms with E-state index in [1.54, 1.807) is 9.80 Å². The number of rotatable bonds is 9. The molecule has 2 N–H and O–H groups in total. The Morgan fingerprint density at radius 1 is 1.13 bits per heavy atom. The van der Waals surface area contributed by atoms with Crippen molar-refractivity contribution in [3.05, 3.63) is 42.0 Å². The molecular formula is C19H32N2O2+2. The molecule has 0 unspecified atom stereocenters. The third-order valence-corrected chi connectivity index (χ3v) is 4.48. The molecule has 0 spiro atoms. The summed E-state index contributed by atoms with van der Waals surface area (Å²) >= 11 is 0. The Balaban J connectivity index is 1.61. The van der Waals surface area contributed by atoms with Crippen LogP contribution in [0.25, 0.3) is 0 Å². The molecule has 0 radical (unpaired) electrons. The number of quaternary nitrogens is 2. The average molecular weight is 320 g/mol. The van der Waals surface area contributed by atoms with Gasteiger partial charge in [0.2, 0.25) is 0 Å². The summed E-state index contributed by atoms with van der Waals surface area (Å²) in [7, 11) is 2.27. The summed E-state index contributed by atoms with van der Waals surface area (Å²) in [5.41, 5.74) is 2.45. The minimum Gasteiger partial charge on any atom is -0.491 e. The number of allylic oxidation sites excluding steroid dienone is 1. The third-order valence-electron chi connectivity index (χ3n) is 4.48. The summed E-state index contributed by atoms with van der Waals surface area (Å²) in [6.07, 6.45) is 2.76. The first-order valence-corrected chi connectivity index (χ1v) is 8.75. The highest BCUT2D eigenvalue weighted by Crippen LogP contribution is 2.20. The smallest absolute Gasteiger partial charge is 0.127 e. The fourth-order valence-electron chi connectivity index (χ4n) is 2.97. The second-order valence-electron chi connectivity index (χ2n) is 6.52. The normalized spacial score (nSPS) is 21.1. The van der Waals surface area contributed by atoms with Gasteiger partial charge in [0.1, 0.15) is 45.1 Å². The van der Waals surface area contributed by atoms with Crippen molar-refractivity contribution >= 4 is 0 Å². The van der Waals surface area contributed by atoms with E-state index in [0.29, 0.717) is 13.2 Å². The Morgan fingerprint density at radius 3 is 2.65 bits per heavy atom. The van der Waals surface area contributed by atoms with Crippen LogP contribution in [-0.4, -0.2) is 59.6 Å². The number of hydrogen-bond donors (Lipinski definition) is 2. The highest BCUT2D eigenvalue weighted by molar-refractivity contribution is 5.38. The maximum atomic E-state index is 5.87. The van der Waals surface area contributed by atoms with E-state index in [0.717, 1.165) is 25.3 Å². The molecule has 1 saturated heterocycles. The van der Waals surface area contributed by atoms with E-state index >= 15 is 0 Å². The Morgan fingerprint density at radius 2 is 1.91 bits per heavy atom. The van der Waals surface area contributed by atoms with E-state index in [2.05, 4.69) is 32.7 Å². The number of benzene rings is 1. The molecule has 1 aliphatic heterocycles. The predicted molar refractivity (Wildman–Crippen MR) is 93.6 cm³/mol. The fraction of sp³-hybridized carbons (Fsp3) is 0.579. The van der Waals surface area contributed by atoms with Gasteiger partial charge in [0.15, 0.2) is 0 Å². The van der Waals surface area contributed by atoms with Crippen molar-refractivity contribution in [2.24, 2.45) is 0 Å². The Bertz CT molecular complexity index is 482. The molecule has 0 amide bonds. The average Bonchev–Trinajstić information content (AvgIpc) is 2.54. The Hall–Kier alpha value is -1.36. The number of nitrogens with one attached hydrogen (secondary N) is 2. The van der Waals surface area contributed by atoms with Crippen LogP contribution in [0.4, 0.5) is 0 Å². The largest absolute Gasteiger partial charge is 0.491 e. The number of ether oxygens (including phenoxy) is 2. The van der Waals surface area contributed by atoms with Gasteiger partial charge >= 0.3 is 0 Å². The van der Waals surface area contributed by atoms with Gasteiger partial charge in [-0.25, -0.2) is 0 Å². The molecule has 4 heteroatoms. The maximum absolute atomic E-state index is 5.87. The molecule has 1 aromatic carbocycles. The minimum atomic E-state index is 0.607. The molecule has 2 rings (SSSR count). The summed E-state index contributed by atoms with van der Waals surface area (Å²) in [5, 5.41) is 0. The predicted octanol–water partition coefficient (Wildman–Crippen LogP) is -0.468. The van der Waals surface area contributed by atoms with Crippen molar-refractivity contribution in [1.82, 2.24) is 0 Å². The summed E-state index contributed by atoms with van der Waals surface area (Å²) in [4.78, 5) is 3.32. The molecule has 0 saturated carbocycles. The van der Waals surface area contributed by atoms with Crippen LogP contribution >= 0.6 is 0 Å². The van der Waals surface area contributed by atoms with Crippen molar-refractivity contribution in [1.29, 1.82) is 0 Å². The number of piperazine rings is 1. The zero-order valence-electron chi connectivity index (χ0n) is 14.7. The van der Waals surface area contributed by atoms with Crippen LogP contribution in [0.1, 0.15) is 11.1 Å². The summed E-state index contributed by atoms with van der Waals surface area (Å²) in [6.45, 7) is 14.2. The number of hydrogen-bond acceptors (Lipinski definition) is 2. The molecule has 1 aromatic rings. The zero-order chi connectivity index (χ0) is 16.5. The SMILES string of the molecule is C=CCc1cc(C)ccc1OCCOCC[NH+]1CC[NH+](C)CC1. The highest BCUT2D eigenvalue weighted by atomic mass is 16.5. The molecule has 128 valence electrons. The van der Waals surface area contributed by atoms with Gasteiger partial charge in [0, 0.05) is 0 Å². The molecule has 23 heavy (non-hydrogen) atoms. The van der Waals surface area contributed by atoms with Crippen LogP contribution in [-0.2, 0) is 11.2 Å². The zero-order valence-corrected chi connectivity index (χ0v) is 14.7. The molecular weight excluding hydrogens is 288 g/mol. The van der Waals surface area contributed by atoms with Crippen molar-refractivity contribution < 1.29 is 19.3 Å². The van der Waals surface area contributed by atoms with Gasteiger partial charge in [-0.3, -0.25) is 0 Å². The van der Waals surface area contributed by atoms with Crippen LogP contribution in [0.2, 0.25) is 0 Å². The molecule has 1 heterocycles. The number of aryl methyl sites for hydroxylation is 1. The van der Waals surface area contributed by atoms with Crippen LogP contribution < -0.4 is 14.5 Å². The van der Waals surface area contributed by atoms with Gasteiger partial charge in [0.05, 0.1) is 20.3 Å². The van der Waals surface area contributed by atoms with Crippen molar-refractivity contribution in [3.63, 3.8) is 0 Å². The van der Waals surface area contributed by atoms with Crippen LogP contribution in [0.3, 0.4) is 0 Å². The monoisotopic (exact) mass is 320 g/mol. The summed E-state index contributed by atoms with van der Waals surface area (Å²) in [5.74, 6) is 0.951. The van der Waals surface area contributed by atoms with E-state index in [-0.39, 0.29) is 0 Å². The van der Waals surface area contributed by atoms with Gasteiger partial charge in [-0.05, 0) is 25.0 Å². The van der Waals surface area contributed by atoms with Gasteiger partial charge in [-0.2, -0.15) is 0 Å². The van der Waals surface area contributed by atoms with Crippen molar-refractivity contribution in [3.8, 4) is 5.75 Å². The fourth-order valence-corrected chi connectivity index (χ4v) is 2.97. The Labute approximate surface area is 140 Å². The molecule has 0 aliphatic carbocycles. The van der Waals surface area contributed by atoms with E-state index in [1.165, 1.54) is 37.3 Å². The lowest BCUT2D eigenvalue weighted by atomic mass is 10.1. The first kappa shape index (κ1) is 18.0. The molecule has 1 fully saturated rings. The standard InChI is InChI=1S/C19H30N2O2/c1-4-5-18-16-17(2)6-7-19(18)23-15-14-22-13-12-21-10-8-20(3)9-11-21/h4,6-7,16H,1,5,8-15H2,2-3H3/p+2. The van der Waals surface area contributed by atoms with Crippen LogP contribution in [0.15, 0.2) is 30.9 Å². The maximum Gasteiger partial charge on any atom is 0.127 e.